The third kappa shape index (κ3) is 3.66. The highest BCUT2D eigenvalue weighted by Crippen LogP contribution is 2.31. The first kappa shape index (κ1) is 17.0. The molecule has 3 rings (SSSR count). The smallest absolute Gasteiger partial charge is 0.317 e. The number of hydrogen-bond acceptors (Lipinski definition) is 9. The summed E-state index contributed by atoms with van der Waals surface area (Å²) in [5.74, 6) is 0.623. The number of ether oxygens (including phenoxy) is 2. The predicted molar refractivity (Wildman–Crippen MR) is 93.6 cm³/mol. The highest BCUT2D eigenvalue weighted by molar-refractivity contribution is 7.14. The number of hydrogen-bond donors (Lipinski definition) is 0. The monoisotopic (exact) mass is 360 g/mol. The molecule has 0 aliphatic heterocycles. The van der Waals surface area contributed by atoms with Gasteiger partial charge in [-0.25, -0.2) is 0 Å². The summed E-state index contributed by atoms with van der Waals surface area (Å²) in [5.41, 5.74) is 0.0224. The van der Waals surface area contributed by atoms with Crippen molar-refractivity contribution in [3.63, 3.8) is 0 Å². The van der Waals surface area contributed by atoms with Crippen molar-refractivity contribution in [3.8, 4) is 11.7 Å². The van der Waals surface area contributed by atoms with E-state index in [1.54, 1.807) is 25.1 Å². The zero-order valence-corrected chi connectivity index (χ0v) is 14.8. The SMILES string of the molecule is CCOc1ccc2c(=O)c(N=Nc3nnc(C)s3)c(OCC)oc2c1. The Morgan fingerprint density at radius 2 is 1.96 bits per heavy atom. The lowest BCUT2D eigenvalue weighted by Gasteiger charge is -2.08. The lowest BCUT2D eigenvalue weighted by molar-refractivity contribution is 0.262. The first-order valence-corrected chi connectivity index (χ1v) is 8.52. The molecule has 0 unspecified atom stereocenters. The van der Waals surface area contributed by atoms with Crippen LogP contribution in [0.25, 0.3) is 11.0 Å². The molecule has 0 saturated carbocycles. The highest BCUT2D eigenvalue weighted by atomic mass is 32.1. The molecule has 3 aromatic rings. The van der Waals surface area contributed by atoms with Crippen LogP contribution < -0.4 is 14.9 Å². The minimum Gasteiger partial charge on any atom is -0.494 e. The van der Waals surface area contributed by atoms with Crippen LogP contribution in [0.2, 0.25) is 0 Å². The molecule has 8 nitrogen and oxygen atoms in total. The van der Waals surface area contributed by atoms with Gasteiger partial charge in [0.2, 0.25) is 11.1 Å². The molecule has 1 aromatic carbocycles. The first-order valence-electron chi connectivity index (χ1n) is 7.70. The molecule has 2 aromatic heterocycles. The summed E-state index contributed by atoms with van der Waals surface area (Å²) in [6.45, 7) is 6.31. The highest BCUT2D eigenvalue weighted by Gasteiger charge is 2.16. The summed E-state index contributed by atoms with van der Waals surface area (Å²) in [4.78, 5) is 12.8. The molecule has 0 aliphatic rings. The van der Waals surface area contributed by atoms with Crippen molar-refractivity contribution >= 4 is 33.1 Å². The number of nitrogens with zero attached hydrogens (tertiary/aromatic N) is 4. The average Bonchev–Trinajstić information content (AvgIpc) is 3.00. The maximum atomic E-state index is 12.8. The molecule has 25 heavy (non-hydrogen) atoms. The van der Waals surface area contributed by atoms with E-state index < -0.39 is 0 Å². The average molecular weight is 360 g/mol. The molecule has 0 fully saturated rings. The van der Waals surface area contributed by atoms with Gasteiger partial charge in [-0.05, 0) is 32.9 Å². The number of fused-ring (bicyclic) bond motifs is 1. The van der Waals surface area contributed by atoms with Crippen LogP contribution >= 0.6 is 11.3 Å². The predicted octanol–water partition coefficient (Wildman–Crippen LogP) is 4.17. The van der Waals surface area contributed by atoms with Crippen LogP contribution in [0.5, 0.6) is 11.7 Å². The maximum Gasteiger partial charge on any atom is 0.317 e. The van der Waals surface area contributed by atoms with E-state index in [9.17, 15) is 4.79 Å². The second-order valence-corrected chi connectivity index (χ2v) is 6.05. The van der Waals surface area contributed by atoms with Gasteiger partial charge in [-0.3, -0.25) is 4.79 Å². The fraction of sp³-hybridized carbons (Fsp3) is 0.312. The Morgan fingerprint density at radius 3 is 2.64 bits per heavy atom. The summed E-state index contributed by atoms with van der Waals surface area (Å²) in [6.07, 6.45) is 0. The van der Waals surface area contributed by atoms with E-state index in [-0.39, 0.29) is 17.1 Å². The van der Waals surface area contributed by atoms with Gasteiger partial charge >= 0.3 is 5.95 Å². The van der Waals surface area contributed by atoms with Gasteiger partial charge in [-0.2, -0.15) is 0 Å². The van der Waals surface area contributed by atoms with Gasteiger partial charge in [0.05, 0.1) is 18.6 Å². The summed E-state index contributed by atoms with van der Waals surface area (Å²) < 4.78 is 16.6. The van der Waals surface area contributed by atoms with Crippen molar-refractivity contribution < 1.29 is 13.9 Å². The van der Waals surface area contributed by atoms with Crippen LogP contribution in [0, 0.1) is 6.92 Å². The Hall–Kier alpha value is -2.81. The van der Waals surface area contributed by atoms with Gasteiger partial charge in [0.1, 0.15) is 16.3 Å². The second-order valence-electron chi connectivity index (χ2n) is 4.89. The minimum absolute atomic E-state index is 0.00800. The van der Waals surface area contributed by atoms with Crippen molar-refractivity contribution in [1.29, 1.82) is 0 Å². The van der Waals surface area contributed by atoms with Crippen LogP contribution in [0.15, 0.2) is 37.6 Å². The number of aromatic nitrogens is 2. The van der Waals surface area contributed by atoms with E-state index in [0.29, 0.717) is 35.1 Å². The largest absolute Gasteiger partial charge is 0.494 e. The number of benzene rings is 1. The van der Waals surface area contributed by atoms with Crippen LogP contribution in [0.4, 0.5) is 10.8 Å². The molecule has 2 heterocycles. The Kier molecular flexibility index (Phi) is 5.03. The van der Waals surface area contributed by atoms with Crippen LogP contribution in [-0.2, 0) is 0 Å². The third-order valence-corrected chi connectivity index (χ3v) is 3.87. The van der Waals surface area contributed by atoms with E-state index in [1.807, 2.05) is 13.8 Å². The number of aryl methyl sites for hydroxylation is 1. The van der Waals surface area contributed by atoms with Gasteiger partial charge in [-0.1, -0.05) is 11.3 Å². The Bertz CT molecular complexity index is 980. The zero-order chi connectivity index (χ0) is 17.8. The third-order valence-electron chi connectivity index (χ3n) is 3.15. The lowest BCUT2D eigenvalue weighted by atomic mass is 10.2. The van der Waals surface area contributed by atoms with E-state index in [2.05, 4.69) is 20.4 Å². The van der Waals surface area contributed by atoms with Gasteiger partial charge in [0, 0.05) is 6.07 Å². The topological polar surface area (TPSA) is 99.2 Å². The summed E-state index contributed by atoms with van der Waals surface area (Å²) in [6, 6.07) is 4.99. The number of azo groups is 1. The van der Waals surface area contributed by atoms with E-state index in [0.717, 1.165) is 5.01 Å². The van der Waals surface area contributed by atoms with Crippen molar-refractivity contribution in [2.75, 3.05) is 13.2 Å². The Balaban J connectivity index is 2.11. The molecule has 9 heteroatoms. The van der Waals surface area contributed by atoms with Crippen LogP contribution in [0.3, 0.4) is 0 Å². The van der Waals surface area contributed by atoms with Gasteiger partial charge < -0.3 is 13.9 Å². The van der Waals surface area contributed by atoms with Crippen LogP contribution in [0.1, 0.15) is 18.9 Å². The van der Waals surface area contributed by atoms with Crippen molar-refractivity contribution in [1.82, 2.24) is 10.2 Å². The quantitative estimate of drug-likeness (QED) is 0.612. The minimum atomic E-state index is -0.335. The molecule has 130 valence electrons. The standard InChI is InChI=1S/C16H16N4O4S/c1-4-22-10-6-7-11-12(8-10)24-15(23-5-2)13(14(11)21)18-20-16-19-17-9(3)25-16/h6-8H,4-5H2,1-3H3. The van der Waals surface area contributed by atoms with E-state index >= 15 is 0 Å². The molecular weight excluding hydrogens is 344 g/mol. The summed E-state index contributed by atoms with van der Waals surface area (Å²) >= 11 is 1.27. The molecule has 0 aliphatic carbocycles. The van der Waals surface area contributed by atoms with E-state index in [1.165, 1.54) is 11.3 Å². The molecule has 0 bridgehead atoms. The summed E-state index contributed by atoms with van der Waals surface area (Å²) in [7, 11) is 0. The first-order chi connectivity index (χ1) is 12.1. The normalized spacial score (nSPS) is 11.3. The Morgan fingerprint density at radius 1 is 1.16 bits per heavy atom. The molecule has 0 atom stereocenters. The van der Waals surface area contributed by atoms with E-state index in [4.69, 9.17) is 13.9 Å². The molecular formula is C16H16N4O4S. The summed E-state index contributed by atoms with van der Waals surface area (Å²) in [5, 5.41) is 17.1. The Labute approximate surface area is 147 Å². The molecule has 0 saturated heterocycles. The lowest BCUT2D eigenvalue weighted by Crippen LogP contribution is -2.05. The zero-order valence-electron chi connectivity index (χ0n) is 14.0. The van der Waals surface area contributed by atoms with Crippen molar-refractivity contribution in [2.45, 2.75) is 20.8 Å². The molecule has 0 amide bonds. The molecule has 0 N–H and O–H groups in total. The maximum absolute atomic E-state index is 12.8. The van der Waals surface area contributed by atoms with Crippen molar-refractivity contribution in [2.24, 2.45) is 10.2 Å². The molecule has 0 radical (unpaired) electrons. The van der Waals surface area contributed by atoms with Gasteiger partial charge in [0.15, 0.2) is 0 Å². The fourth-order valence-electron chi connectivity index (χ4n) is 2.13. The number of rotatable bonds is 6. The second kappa shape index (κ2) is 7.39. The van der Waals surface area contributed by atoms with Gasteiger partial charge in [-0.15, -0.1) is 20.4 Å². The fourth-order valence-corrected chi connectivity index (χ4v) is 2.64. The van der Waals surface area contributed by atoms with Gasteiger partial charge in [0.25, 0.3) is 5.13 Å². The van der Waals surface area contributed by atoms with Crippen LogP contribution in [-0.4, -0.2) is 23.4 Å². The molecule has 0 spiro atoms. The van der Waals surface area contributed by atoms with Crippen molar-refractivity contribution in [3.05, 3.63) is 33.4 Å².